The van der Waals surface area contributed by atoms with Gasteiger partial charge in [-0.25, -0.2) is 0 Å². The molecule has 15 heavy (non-hydrogen) atoms. The van der Waals surface area contributed by atoms with Crippen LogP contribution in [-0.4, -0.2) is 50.3 Å². The number of hydrogen-bond acceptors (Lipinski definition) is 3. The number of methoxy groups -OCH3 is 1. The first-order valence-corrected chi connectivity index (χ1v) is 6.31. The first-order chi connectivity index (χ1) is 7.33. The van der Waals surface area contributed by atoms with Crippen molar-refractivity contribution >= 4 is 0 Å². The molecule has 1 N–H and O–H groups in total. The molecular formula is C12H24N2O. The highest BCUT2D eigenvalue weighted by Gasteiger charge is 2.36. The van der Waals surface area contributed by atoms with Crippen LogP contribution in [-0.2, 0) is 4.74 Å². The van der Waals surface area contributed by atoms with Crippen molar-refractivity contribution < 1.29 is 4.74 Å². The molecule has 0 aromatic carbocycles. The van der Waals surface area contributed by atoms with Crippen LogP contribution in [0.2, 0.25) is 0 Å². The van der Waals surface area contributed by atoms with Crippen LogP contribution in [0.1, 0.15) is 26.2 Å². The summed E-state index contributed by atoms with van der Waals surface area (Å²) in [5.74, 6) is 0.881. The van der Waals surface area contributed by atoms with E-state index in [1.54, 1.807) is 0 Å². The summed E-state index contributed by atoms with van der Waals surface area (Å²) < 4.78 is 5.33. The van der Waals surface area contributed by atoms with Gasteiger partial charge in [-0.05, 0) is 44.8 Å². The summed E-state index contributed by atoms with van der Waals surface area (Å²) in [6, 6.07) is 0.821. The third kappa shape index (κ3) is 2.71. The standard InChI is InChI=1S/C12H24N2O/c1-3-13-8-10-4-5-14(9-10)11-6-12(7-11)15-2/h10-13H,3-9H2,1-2H3. The van der Waals surface area contributed by atoms with Crippen molar-refractivity contribution in [3.63, 3.8) is 0 Å². The largest absolute Gasteiger partial charge is 0.381 e. The molecule has 1 aliphatic heterocycles. The lowest BCUT2D eigenvalue weighted by molar-refractivity contribution is -0.0211. The van der Waals surface area contributed by atoms with E-state index < -0.39 is 0 Å². The van der Waals surface area contributed by atoms with E-state index in [0.29, 0.717) is 6.10 Å². The molecule has 1 saturated carbocycles. The minimum atomic E-state index is 0.544. The molecule has 1 unspecified atom stereocenters. The van der Waals surface area contributed by atoms with E-state index in [2.05, 4.69) is 17.1 Å². The summed E-state index contributed by atoms with van der Waals surface area (Å²) in [6.07, 6.45) is 4.43. The molecule has 3 heteroatoms. The van der Waals surface area contributed by atoms with E-state index in [9.17, 15) is 0 Å². The van der Waals surface area contributed by atoms with Gasteiger partial charge in [-0.2, -0.15) is 0 Å². The second-order valence-corrected chi connectivity index (χ2v) is 4.94. The maximum absolute atomic E-state index is 5.33. The molecule has 1 heterocycles. The zero-order valence-corrected chi connectivity index (χ0v) is 10.0. The lowest BCUT2D eigenvalue weighted by Gasteiger charge is -2.40. The Bertz CT molecular complexity index is 192. The van der Waals surface area contributed by atoms with Gasteiger partial charge in [-0.15, -0.1) is 0 Å². The molecular weight excluding hydrogens is 188 g/mol. The summed E-state index contributed by atoms with van der Waals surface area (Å²) >= 11 is 0. The van der Waals surface area contributed by atoms with Crippen LogP contribution in [0, 0.1) is 5.92 Å². The smallest absolute Gasteiger partial charge is 0.0601 e. The van der Waals surface area contributed by atoms with Gasteiger partial charge in [0.15, 0.2) is 0 Å². The molecule has 2 aliphatic rings. The van der Waals surface area contributed by atoms with Gasteiger partial charge in [0, 0.05) is 19.7 Å². The number of hydrogen-bond donors (Lipinski definition) is 1. The molecule has 0 aromatic rings. The van der Waals surface area contributed by atoms with Gasteiger partial charge in [0.05, 0.1) is 6.10 Å². The minimum absolute atomic E-state index is 0.544. The highest BCUT2D eigenvalue weighted by Crippen LogP contribution is 2.31. The highest BCUT2D eigenvalue weighted by atomic mass is 16.5. The molecule has 2 fully saturated rings. The van der Waals surface area contributed by atoms with Crippen molar-refractivity contribution in [1.82, 2.24) is 10.2 Å². The third-order valence-electron chi connectivity index (χ3n) is 3.92. The van der Waals surface area contributed by atoms with Gasteiger partial charge in [0.2, 0.25) is 0 Å². The van der Waals surface area contributed by atoms with Crippen molar-refractivity contribution in [2.45, 2.75) is 38.3 Å². The average Bonchev–Trinajstić information content (AvgIpc) is 2.62. The summed E-state index contributed by atoms with van der Waals surface area (Å²) in [5, 5.41) is 3.45. The van der Waals surface area contributed by atoms with Crippen LogP contribution in [0.4, 0.5) is 0 Å². The van der Waals surface area contributed by atoms with Crippen molar-refractivity contribution in [2.24, 2.45) is 5.92 Å². The molecule has 0 bridgehead atoms. The lowest BCUT2D eigenvalue weighted by atomic mass is 9.88. The molecule has 0 aromatic heterocycles. The molecule has 1 aliphatic carbocycles. The van der Waals surface area contributed by atoms with Crippen LogP contribution in [0.15, 0.2) is 0 Å². The minimum Gasteiger partial charge on any atom is -0.381 e. The molecule has 0 amide bonds. The Balaban J connectivity index is 1.65. The number of likely N-dealkylation sites (tertiary alicyclic amines) is 1. The molecule has 0 radical (unpaired) electrons. The van der Waals surface area contributed by atoms with Crippen LogP contribution in [0.5, 0.6) is 0 Å². The Morgan fingerprint density at radius 2 is 2.20 bits per heavy atom. The zero-order chi connectivity index (χ0) is 10.7. The second-order valence-electron chi connectivity index (χ2n) is 4.94. The predicted octanol–water partition coefficient (Wildman–Crippen LogP) is 1.10. The summed E-state index contributed by atoms with van der Waals surface area (Å²) in [5.41, 5.74) is 0. The first kappa shape index (κ1) is 11.4. The van der Waals surface area contributed by atoms with Gasteiger partial charge < -0.3 is 10.1 Å². The van der Waals surface area contributed by atoms with E-state index >= 15 is 0 Å². The van der Waals surface area contributed by atoms with Crippen LogP contribution >= 0.6 is 0 Å². The number of nitrogens with zero attached hydrogens (tertiary/aromatic N) is 1. The van der Waals surface area contributed by atoms with E-state index in [1.165, 1.54) is 38.9 Å². The van der Waals surface area contributed by atoms with Crippen LogP contribution in [0.3, 0.4) is 0 Å². The number of rotatable bonds is 5. The Morgan fingerprint density at radius 3 is 2.87 bits per heavy atom. The van der Waals surface area contributed by atoms with Crippen molar-refractivity contribution in [3.05, 3.63) is 0 Å². The Morgan fingerprint density at radius 1 is 1.40 bits per heavy atom. The Kier molecular flexibility index (Phi) is 4.00. The van der Waals surface area contributed by atoms with Crippen LogP contribution in [0.25, 0.3) is 0 Å². The fourth-order valence-electron chi connectivity index (χ4n) is 2.74. The van der Waals surface area contributed by atoms with E-state index in [-0.39, 0.29) is 0 Å². The molecule has 1 saturated heterocycles. The maximum Gasteiger partial charge on any atom is 0.0601 e. The predicted molar refractivity (Wildman–Crippen MR) is 62.0 cm³/mol. The number of nitrogens with one attached hydrogen (secondary N) is 1. The highest BCUT2D eigenvalue weighted by molar-refractivity contribution is 4.91. The summed E-state index contributed by atoms with van der Waals surface area (Å²) in [4.78, 5) is 2.66. The van der Waals surface area contributed by atoms with E-state index in [0.717, 1.165) is 18.5 Å². The monoisotopic (exact) mass is 212 g/mol. The molecule has 88 valence electrons. The molecule has 0 spiro atoms. The average molecular weight is 212 g/mol. The Hall–Kier alpha value is -0.120. The van der Waals surface area contributed by atoms with E-state index in [4.69, 9.17) is 4.74 Å². The summed E-state index contributed by atoms with van der Waals surface area (Å²) in [6.45, 7) is 7.09. The number of ether oxygens (including phenoxy) is 1. The second kappa shape index (κ2) is 5.28. The molecule has 1 atom stereocenters. The zero-order valence-electron chi connectivity index (χ0n) is 10.0. The quantitative estimate of drug-likeness (QED) is 0.738. The van der Waals surface area contributed by atoms with Crippen molar-refractivity contribution in [1.29, 1.82) is 0 Å². The van der Waals surface area contributed by atoms with Gasteiger partial charge in [0.25, 0.3) is 0 Å². The molecule has 3 nitrogen and oxygen atoms in total. The Labute approximate surface area is 93.2 Å². The van der Waals surface area contributed by atoms with Gasteiger partial charge in [-0.1, -0.05) is 6.92 Å². The van der Waals surface area contributed by atoms with E-state index in [1.807, 2.05) is 7.11 Å². The normalized spacial score (nSPS) is 36.8. The maximum atomic E-state index is 5.33. The first-order valence-electron chi connectivity index (χ1n) is 6.31. The molecule has 2 rings (SSSR count). The SMILES string of the molecule is CCNCC1CCN(C2CC(OC)C2)C1. The van der Waals surface area contributed by atoms with Crippen molar-refractivity contribution in [2.75, 3.05) is 33.3 Å². The summed E-state index contributed by atoms with van der Waals surface area (Å²) in [7, 11) is 1.83. The van der Waals surface area contributed by atoms with Crippen LogP contribution < -0.4 is 5.32 Å². The fraction of sp³-hybridized carbons (Fsp3) is 1.00. The van der Waals surface area contributed by atoms with Gasteiger partial charge in [0.1, 0.15) is 0 Å². The van der Waals surface area contributed by atoms with Gasteiger partial charge >= 0.3 is 0 Å². The fourth-order valence-corrected chi connectivity index (χ4v) is 2.74. The van der Waals surface area contributed by atoms with Gasteiger partial charge in [-0.3, -0.25) is 4.90 Å². The third-order valence-corrected chi connectivity index (χ3v) is 3.92. The topological polar surface area (TPSA) is 24.5 Å². The lowest BCUT2D eigenvalue weighted by Crippen LogP contribution is -2.47. The van der Waals surface area contributed by atoms with Crippen molar-refractivity contribution in [3.8, 4) is 0 Å².